The van der Waals surface area contributed by atoms with E-state index in [4.69, 9.17) is 27.9 Å². The number of carbonyl (C=O) groups is 1. The number of carbonyl (C=O) groups excluding carboxylic acids is 1. The van der Waals surface area contributed by atoms with Crippen LogP contribution in [-0.4, -0.2) is 43.2 Å². The minimum Gasteiger partial charge on any atom is -0.479 e. The number of hydrogen-bond acceptors (Lipinski definition) is 5. The first-order valence-electron chi connectivity index (χ1n) is 10.4. The predicted octanol–water partition coefficient (Wildman–Crippen LogP) is 5.12. The standard InChI is InChI=1S/C24H24Cl2N4O2/c1-17(32-22-9-7-18(25)15-21(22)26)24(31)28-19-8-10-23(27-16-19)30-13-11-29(12-14-30)20-5-3-2-4-6-20/h2-10,15-17H,11-14H2,1H3,(H,28,31). The normalized spacial score (nSPS) is 14.7. The van der Waals surface area contributed by atoms with Crippen LogP contribution in [0.1, 0.15) is 6.92 Å². The minimum atomic E-state index is -0.737. The summed E-state index contributed by atoms with van der Waals surface area (Å²) in [5.74, 6) is 1.01. The van der Waals surface area contributed by atoms with Gasteiger partial charge in [-0.1, -0.05) is 41.4 Å². The Kier molecular flexibility index (Phi) is 7.02. The number of rotatable bonds is 6. The summed E-state index contributed by atoms with van der Waals surface area (Å²) in [4.78, 5) is 21.7. The van der Waals surface area contributed by atoms with Crippen molar-refractivity contribution in [1.82, 2.24) is 4.98 Å². The van der Waals surface area contributed by atoms with E-state index < -0.39 is 6.10 Å². The summed E-state index contributed by atoms with van der Waals surface area (Å²) in [5, 5.41) is 3.69. The molecule has 0 bridgehead atoms. The number of anilines is 3. The Hall–Kier alpha value is -2.96. The minimum absolute atomic E-state index is 0.290. The van der Waals surface area contributed by atoms with Crippen molar-refractivity contribution in [2.45, 2.75) is 13.0 Å². The Bertz CT molecular complexity index is 1060. The Balaban J connectivity index is 1.30. The number of nitrogens with one attached hydrogen (secondary N) is 1. The van der Waals surface area contributed by atoms with Crippen LogP contribution in [0.25, 0.3) is 0 Å². The van der Waals surface area contributed by atoms with Crippen molar-refractivity contribution >= 4 is 46.3 Å². The second-order valence-electron chi connectivity index (χ2n) is 7.54. The zero-order valence-electron chi connectivity index (χ0n) is 17.7. The van der Waals surface area contributed by atoms with Gasteiger partial charge in [-0.05, 0) is 49.4 Å². The van der Waals surface area contributed by atoms with E-state index in [9.17, 15) is 4.79 Å². The summed E-state index contributed by atoms with van der Waals surface area (Å²) in [7, 11) is 0. The number of halogens is 2. The first kappa shape index (κ1) is 22.2. The van der Waals surface area contributed by atoms with Gasteiger partial charge < -0.3 is 19.9 Å². The third kappa shape index (κ3) is 5.44. The third-order valence-electron chi connectivity index (χ3n) is 5.31. The van der Waals surface area contributed by atoms with Crippen LogP contribution in [0.5, 0.6) is 5.75 Å². The van der Waals surface area contributed by atoms with E-state index in [1.54, 1.807) is 31.3 Å². The highest BCUT2D eigenvalue weighted by Gasteiger charge is 2.19. The van der Waals surface area contributed by atoms with E-state index in [1.165, 1.54) is 5.69 Å². The van der Waals surface area contributed by atoms with Crippen LogP contribution in [-0.2, 0) is 4.79 Å². The molecule has 1 unspecified atom stereocenters. The first-order valence-corrected chi connectivity index (χ1v) is 11.2. The maximum absolute atomic E-state index is 12.5. The van der Waals surface area contributed by atoms with Gasteiger partial charge in [0.05, 0.1) is 16.9 Å². The highest BCUT2D eigenvalue weighted by molar-refractivity contribution is 6.35. The van der Waals surface area contributed by atoms with E-state index in [0.717, 1.165) is 32.0 Å². The topological polar surface area (TPSA) is 57.7 Å². The molecular formula is C24H24Cl2N4O2. The Morgan fingerprint density at radius 1 is 1.00 bits per heavy atom. The molecule has 1 amide bonds. The van der Waals surface area contributed by atoms with Gasteiger partial charge in [-0.3, -0.25) is 4.79 Å². The zero-order chi connectivity index (χ0) is 22.5. The molecule has 166 valence electrons. The molecule has 1 N–H and O–H groups in total. The molecule has 6 nitrogen and oxygen atoms in total. The van der Waals surface area contributed by atoms with Crippen LogP contribution in [0.15, 0.2) is 66.9 Å². The van der Waals surface area contributed by atoms with E-state index in [0.29, 0.717) is 21.5 Å². The second kappa shape index (κ2) is 10.1. The molecule has 32 heavy (non-hydrogen) atoms. The maximum atomic E-state index is 12.5. The Labute approximate surface area is 197 Å². The van der Waals surface area contributed by atoms with Gasteiger partial charge in [0.2, 0.25) is 0 Å². The number of aromatic nitrogens is 1. The van der Waals surface area contributed by atoms with Crippen LogP contribution in [0.3, 0.4) is 0 Å². The summed E-state index contributed by atoms with van der Waals surface area (Å²) in [6.07, 6.45) is 0.929. The lowest BCUT2D eigenvalue weighted by atomic mass is 10.2. The van der Waals surface area contributed by atoms with Gasteiger partial charge >= 0.3 is 0 Å². The number of benzene rings is 2. The fraction of sp³-hybridized carbons (Fsp3) is 0.250. The van der Waals surface area contributed by atoms with E-state index in [1.807, 2.05) is 18.2 Å². The smallest absolute Gasteiger partial charge is 0.265 e. The quantitative estimate of drug-likeness (QED) is 0.541. The van der Waals surface area contributed by atoms with Gasteiger partial charge in [0.1, 0.15) is 11.6 Å². The molecule has 3 aromatic rings. The van der Waals surface area contributed by atoms with Gasteiger partial charge in [0, 0.05) is 36.9 Å². The first-order chi connectivity index (χ1) is 15.5. The lowest BCUT2D eigenvalue weighted by Gasteiger charge is -2.36. The average molecular weight is 471 g/mol. The number of hydrogen-bond donors (Lipinski definition) is 1. The zero-order valence-corrected chi connectivity index (χ0v) is 19.2. The van der Waals surface area contributed by atoms with Crippen molar-refractivity contribution in [2.24, 2.45) is 0 Å². The fourth-order valence-corrected chi connectivity index (χ4v) is 3.99. The summed E-state index contributed by atoms with van der Waals surface area (Å²) in [6, 6.07) is 19.1. The molecule has 2 heterocycles. The molecule has 1 aromatic heterocycles. The molecule has 2 aromatic carbocycles. The molecule has 0 aliphatic carbocycles. The molecule has 0 spiro atoms. The lowest BCUT2D eigenvalue weighted by Crippen LogP contribution is -2.46. The predicted molar refractivity (Wildman–Crippen MR) is 130 cm³/mol. The third-order valence-corrected chi connectivity index (χ3v) is 5.84. The maximum Gasteiger partial charge on any atom is 0.265 e. The van der Waals surface area contributed by atoms with E-state index in [2.05, 4.69) is 44.4 Å². The SMILES string of the molecule is CC(Oc1ccc(Cl)cc1Cl)C(=O)Nc1ccc(N2CCN(c3ccccc3)CC2)nc1. The van der Waals surface area contributed by atoms with Crippen molar-refractivity contribution in [3.63, 3.8) is 0 Å². The van der Waals surface area contributed by atoms with Gasteiger partial charge in [-0.15, -0.1) is 0 Å². The van der Waals surface area contributed by atoms with E-state index in [-0.39, 0.29) is 5.91 Å². The highest BCUT2D eigenvalue weighted by Crippen LogP contribution is 2.28. The number of ether oxygens (including phenoxy) is 1. The van der Waals surface area contributed by atoms with Crippen LogP contribution in [0, 0.1) is 0 Å². The summed E-state index contributed by atoms with van der Waals surface area (Å²) >= 11 is 12.0. The van der Waals surface area contributed by atoms with Crippen LogP contribution >= 0.6 is 23.2 Å². The molecule has 1 aliphatic rings. The van der Waals surface area contributed by atoms with Crippen molar-refractivity contribution in [3.8, 4) is 5.75 Å². The molecule has 1 fully saturated rings. The number of nitrogens with zero attached hydrogens (tertiary/aromatic N) is 3. The number of pyridine rings is 1. The molecule has 1 saturated heterocycles. The summed E-state index contributed by atoms with van der Waals surface area (Å²) < 4.78 is 5.66. The van der Waals surface area contributed by atoms with Gasteiger partial charge in [-0.2, -0.15) is 0 Å². The molecule has 1 aliphatic heterocycles. The van der Waals surface area contributed by atoms with Gasteiger partial charge in [0.15, 0.2) is 6.10 Å². The number of para-hydroxylation sites is 1. The Morgan fingerprint density at radius 3 is 2.38 bits per heavy atom. The largest absolute Gasteiger partial charge is 0.479 e. The Morgan fingerprint density at radius 2 is 1.72 bits per heavy atom. The molecule has 1 atom stereocenters. The van der Waals surface area contributed by atoms with Crippen LogP contribution < -0.4 is 19.9 Å². The van der Waals surface area contributed by atoms with Gasteiger partial charge in [-0.25, -0.2) is 4.98 Å². The molecule has 0 radical (unpaired) electrons. The monoisotopic (exact) mass is 470 g/mol. The molecular weight excluding hydrogens is 447 g/mol. The average Bonchev–Trinajstić information content (AvgIpc) is 2.82. The number of amides is 1. The fourth-order valence-electron chi connectivity index (χ4n) is 3.54. The van der Waals surface area contributed by atoms with Crippen molar-refractivity contribution in [1.29, 1.82) is 0 Å². The van der Waals surface area contributed by atoms with Crippen molar-refractivity contribution < 1.29 is 9.53 Å². The molecule has 0 saturated carbocycles. The van der Waals surface area contributed by atoms with Crippen molar-refractivity contribution in [3.05, 3.63) is 76.9 Å². The molecule has 4 rings (SSSR count). The highest BCUT2D eigenvalue weighted by atomic mass is 35.5. The van der Waals surface area contributed by atoms with Crippen LogP contribution in [0.4, 0.5) is 17.2 Å². The van der Waals surface area contributed by atoms with Crippen molar-refractivity contribution in [2.75, 3.05) is 41.3 Å². The van der Waals surface area contributed by atoms with E-state index >= 15 is 0 Å². The second-order valence-corrected chi connectivity index (χ2v) is 8.38. The lowest BCUT2D eigenvalue weighted by molar-refractivity contribution is -0.122. The summed E-state index contributed by atoms with van der Waals surface area (Å²) in [5.41, 5.74) is 1.86. The number of piperazine rings is 1. The summed E-state index contributed by atoms with van der Waals surface area (Å²) in [6.45, 7) is 5.31. The molecule has 8 heteroatoms. The van der Waals surface area contributed by atoms with Crippen LogP contribution in [0.2, 0.25) is 10.0 Å². The van der Waals surface area contributed by atoms with Gasteiger partial charge in [0.25, 0.3) is 5.91 Å².